The largest absolute Gasteiger partial charge is 0.510 e. The maximum absolute atomic E-state index is 11.2. The Kier molecular flexibility index (Phi) is 3.26. The zero-order valence-corrected chi connectivity index (χ0v) is 10.3. The van der Waals surface area contributed by atoms with Crippen molar-refractivity contribution in [2.45, 2.75) is 12.2 Å². The molecule has 1 atom stereocenters. The molecule has 0 aliphatic carbocycles. The van der Waals surface area contributed by atoms with Crippen molar-refractivity contribution in [3.8, 4) is 0 Å². The third kappa shape index (κ3) is 2.11. The lowest BCUT2D eigenvalue weighted by Crippen LogP contribution is -2.00. The van der Waals surface area contributed by atoms with Gasteiger partial charge >= 0.3 is 0 Å². The zero-order valence-electron chi connectivity index (χ0n) is 8.74. The first-order valence-corrected chi connectivity index (χ1v) is 6.32. The van der Waals surface area contributed by atoms with Crippen molar-refractivity contribution in [1.29, 1.82) is 0 Å². The summed E-state index contributed by atoms with van der Waals surface area (Å²) >= 11 is 7.44. The summed E-state index contributed by atoms with van der Waals surface area (Å²) in [5, 5.41) is 10.4. The Hall–Kier alpha value is -0.930. The molecule has 1 aromatic carbocycles. The van der Waals surface area contributed by atoms with Gasteiger partial charge in [-0.2, -0.15) is 0 Å². The first-order chi connectivity index (χ1) is 7.59. The third-order valence-corrected chi connectivity index (χ3v) is 4.05. The lowest BCUT2D eigenvalue weighted by atomic mass is 10.1. The van der Waals surface area contributed by atoms with E-state index in [0.717, 1.165) is 5.56 Å². The van der Waals surface area contributed by atoms with Gasteiger partial charge in [-0.15, -0.1) is 11.8 Å². The molecule has 16 heavy (non-hydrogen) atoms. The molecule has 0 spiro atoms. The molecule has 1 N–H and O–H groups in total. The van der Waals surface area contributed by atoms with Crippen LogP contribution < -0.4 is 0 Å². The highest BCUT2D eigenvalue weighted by atomic mass is 35.5. The Labute approximate surface area is 103 Å². The van der Waals surface area contributed by atoms with Crippen LogP contribution in [-0.2, 0) is 4.79 Å². The average molecular weight is 255 g/mol. The standard InChI is InChI=1S/C12H11ClO2S/c1-7(14)10-6-16-12(11(10)15)8-3-2-4-9(13)5-8/h2-5,12,15H,6H2,1H3. The van der Waals surface area contributed by atoms with E-state index >= 15 is 0 Å². The lowest BCUT2D eigenvalue weighted by molar-refractivity contribution is -0.113. The smallest absolute Gasteiger partial charge is 0.160 e. The summed E-state index contributed by atoms with van der Waals surface area (Å²) in [5.41, 5.74) is 1.46. The van der Waals surface area contributed by atoms with Crippen LogP contribution >= 0.6 is 23.4 Å². The lowest BCUT2D eigenvalue weighted by Gasteiger charge is -2.10. The van der Waals surface area contributed by atoms with Gasteiger partial charge in [-0.25, -0.2) is 0 Å². The molecule has 0 fully saturated rings. The molecule has 1 unspecified atom stereocenters. The van der Waals surface area contributed by atoms with E-state index in [2.05, 4.69) is 0 Å². The summed E-state index contributed by atoms with van der Waals surface area (Å²) in [7, 11) is 0. The summed E-state index contributed by atoms with van der Waals surface area (Å²) < 4.78 is 0. The number of benzene rings is 1. The van der Waals surface area contributed by atoms with Crippen LogP contribution in [0.5, 0.6) is 0 Å². The molecule has 1 heterocycles. The van der Waals surface area contributed by atoms with Gasteiger partial charge in [0.1, 0.15) is 5.76 Å². The van der Waals surface area contributed by atoms with E-state index in [-0.39, 0.29) is 16.8 Å². The van der Waals surface area contributed by atoms with Crippen molar-refractivity contribution in [3.63, 3.8) is 0 Å². The molecule has 4 heteroatoms. The predicted molar refractivity (Wildman–Crippen MR) is 67.0 cm³/mol. The Morgan fingerprint density at radius 1 is 1.56 bits per heavy atom. The Morgan fingerprint density at radius 2 is 2.31 bits per heavy atom. The van der Waals surface area contributed by atoms with Crippen LogP contribution in [0.4, 0.5) is 0 Å². The molecule has 2 rings (SSSR count). The van der Waals surface area contributed by atoms with Crippen LogP contribution in [-0.4, -0.2) is 16.6 Å². The van der Waals surface area contributed by atoms with Crippen LogP contribution in [0.25, 0.3) is 0 Å². The minimum absolute atomic E-state index is 0.0606. The molecule has 0 saturated heterocycles. The molecule has 2 nitrogen and oxygen atoms in total. The average Bonchev–Trinajstić information content (AvgIpc) is 2.60. The van der Waals surface area contributed by atoms with Gasteiger partial charge in [0, 0.05) is 16.3 Å². The number of rotatable bonds is 2. The van der Waals surface area contributed by atoms with E-state index in [1.54, 1.807) is 17.8 Å². The number of hydrogen-bond donors (Lipinski definition) is 1. The summed E-state index contributed by atoms with van der Waals surface area (Å²) in [4.78, 5) is 11.2. The summed E-state index contributed by atoms with van der Waals surface area (Å²) in [5.74, 6) is 0.688. The van der Waals surface area contributed by atoms with Gasteiger partial charge in [-0.3, -0.25) is 4.79 Å². The minimum Gasteiger partial charge on any atom is -0.510 e. The fraction of sp³-hybridized carbons (Fsp3) is 0.250. The Balaban J connectivity index is 2.35. The van der Waals surface area contributed by atoms with Gasteiger partial charge in [0.25, 0.3) is 0 Å². The Morgan fingerprint density at radius 3 is 2.88 bits per heavy atom. The number of hydrogen-bond acceptors (Lipinski definition) is 3. The van der Waals surface area contributed by atoms with Crippen molar-refractivity contribution in [2.75, 3.05) is 5.75 Å². The number of carbonyl (C=O) groups excluding carboxylic acids is 1. The number of aliphatic hydroxyl groups is 1. The van der Waals surface area contributed by atoms with Crippen LogP contribution in [0.15, 0.2) is 35.6 Å². The fourth-order valence-corrected chi connectivity index (χ4v) is 3.21. The molecule has 0 radical (unpaired) electrons. The highest BCUT2D eigenvalue weighted by molar-refractivity contribution is 8.00. The summed E-state index contributed by atoms with van der Waals surface area (Å²) in [6.45, 7) is 1.48. The van der Waals surface area contributed by atoms with Crippen LogP contribution in [0.3, 0.4) is 0 Å². The second-order valence-electron chi connectivity index (χ2n) is 3.67. The van der Waals surface area contributed by atoms with E-state index in [4.69, 9.17) is 11.6 Å². The second kappa shape index (κ2) is 4.52. The number of carbonyl (C=O) groups is 1. The van der Waals surface area contributed by atoms with Crippen molar-refractivity contribution >= 4 is 29.1 Å². The fourth-order valence-electron chi connectivity index (χ4n) is 1.68. The van der Waals surface area contributed by atoms with Crippen LogP contribution in [0.2, 0.25) is 5.02 Å². The van der Waals surface area contributed by atoms with Gasteiger partial charge in [-0.1, -0.05) is 23.7 Å². The molecule has 84 valence electrons. The molecular formula is C12H11ClO2S. The van der Waals surface area contributed by atoms with Crippen molar-refractivity contribution in [1.82, 2.24) is 0 Å². The van der Waals surface area contributed by atoms with E-state index in [1.165, 1.54) is 6.92 Å². The van der Waals surface area contributed by atoms with Crippen molar-refractivity contribution in [3.05, 3.63) is 46.2 Å². The van der Waals surface area contributed by atoms with Gasteiger partial charge < -0.3 is 5.11 Å². The Bertz CT molecular complexity index is 468. The van der Waals surface area contributed by atoms with E-state index in [1.807, 2.05) is 18.2 Å². The predicted octanol–water partition coefficient (Wildman–Crippen LogP) is 3.53. The van der Waals surface area contributed by atoms with Gasteiger partial charge in [0.05, 0.1) is 5.25 Å². The maximum atomic E-state index is 11.2. The molecule has 0 aromatic heterocycles. The molecule has 1 aliphatic heterocycles. The molecule has 1 aliphatic rings. The van der Waals surface area contributed by atoms with Crippen molar-refractivity contribution in [2.24, 2.45) is 0 Å². The molecular weight excluding hydrogens is 244 g/mol. The first kappa shape index (κ1) is 11.6. The molecule has 0 bridgehead atoms. The van der Waals surface area contributed by atoms with Gasteiger partial charge in [0.15, 0.2) is 5.78 Å². The second-order valence-corrected chi connectivity index (χ2v) is 5.20. The summed E-state index contributed by atoms with van der Waals surface area (Å²) in [6, 6.07) is 7.36. The maximum Gasteiger partial charge on any atom is 0.160 e. The van der Waals surface area contributed by atoms with Gasteiger partial charge in [-0.05, 0) is 24.6 Å². The minimum atomic E-state index is -0.155. The van der Waals surface area contributed by atoms with Crippen molar-refractivity contribution < 1.29 is 9.90 Å². The number of thioether (sulfide) groups is 1. The van der Waals surface area contributed by atoms with E-state index in [0.29, 0.717) is 16.3 Å². The molecule has 1 aromatic rings. The number of aliphatic hydroxyl groups excluding tert-OH is 1. The first-order valence-electron chi connectivity index (χ1n) is 4.89. The summed E-state index contributed by atoms with van der Waals surface area (Å²) in [6.07, 6.45) is 0. The van der Waals surface area contributed by atoms with E-state index in [9.17, 15) is 9.90 Å². The van der Waals surface area contributed by atoms with Crippen LogP contribution in [0, 0.1) is 0 Å². The highest BCUT2D eigenvalue weighted by Gasteiger charge is 2.29. The quantitative estimate of drug-likeness (QED) is 0.877. The van der Waals surface area contributed by atoms with Crippen LogP contribution in [0.1, 0.15) is 17.7 Å². The van der Waals surface area contributed by atoms with E-state index < -0.39 is 0 Å². The number of Topliss-reactive ketones (excluding diaryl/α,β-unsaturated/α-hetero) is 1. The molecule has 0 saturated carbocycles. The number of ketones is 1. The van der Waals surface area contributed by atoms with Gasteiger partial charge in [0.2, 0.25) is 0 Å². The monoisotopic (exact) mass is 254 g/mol. The third-order valence-electron chi connectivity index (χ3n) is 2.53. The topological polar surface area (TPSA) is 37.3 Å². The normalized spacial score (nSPS) is 20.2. The zero-order chi connectivity index (χ0) is 11.7. The SMILES string of the molecule is CC(=O)C1=C(O)C(c2cccc(Cl)c2)SC1. The number of halogens is 1. The molecule has 0 amide bonds. The highest BCUT2D eigenvalue weighted by Crippen LogP contribution is 2.43.